The predicted octanol–water partition coefficient (Wildman–Crippen LogP) is 0.984. The molecule has 1 heterocycles. The number of rotatable bonds is 5. The molecule has 1 atom stereocenters. The van der Waals surface area contributed by atoms with E-state index in [1.807, 2.05) is 30.3 Å². The van der Waals surface area contributed by atoms with Gasteiger partial charge in [-0.05, 0) is 31.4 Å². The number of likely N-dealkylation sites (tertiary alicyclic amines) is 1. The Morgan fingerprint density at radius 2 is 1.80 bits per heavy atom. The molecule has 6 nitrogen and oxygen atoms in total. The van der Waals surface area contributed by atoms with E-state index < -0.39 is 11.5 Å². The molecule has 25 heavy (non-hydrogen) atoms. The van der Waals surface area contributed by atoms with Crippen LogP contribution in [0.2, 0.25) is 0 Å². The van der Waals surface area contributed by atoms with E-state index in [2.05, 4.69) is 17.2 Å². The van der Waals surface area contributed by atoms with Crippen molar-refractivity contribution in [3.05, 3.63) is 48.6 Å². The van der Waals surface area contributed by atoms with E-state index in [9.17, 15) is 14.4 Å². The minimum Gasteiger partial charge on any atom is -0.357 e. The number of hydrogen-bond donors (Lipinski definition) is 2. The van der Waals surface area contributed by atoms with Crippen LogP contribution in [-0.4, -0.2) is 48.8 Å². The maximum Gasteiger partial charge on any atom is 0.245 e. The summed E-state index contributed by atoms with van der Waals surface area (Å²) in [4.78, 5) is 38.4. The summed E-state index contributed by atoms with van der Waals surface area (Å²) in [5, 5.41) is 5.36. The van der Waals surface area contributed by atoms with E-state index in [4.69, 9.17) is 0 Å². The Kier molecular flexibility index (Phi) is 5.96. The van der Waals surface area contributed by atoms with Crippen LogP contribution in [0.3, 0.4) is 0 Å². The summed E-state index contributed by atoms with van der Waals surface area (Å²) < 4.78 is 0. The highest BCUT2D eigenvalue weighted by Gasteiger charge is 2.44. The molecule has 0 spiro atoms. The molecule has 1 aromatic carbocycles. The number of carbonyl (C=O) groups excluding carboxylic acids is 3. The summed E-state index contributed by atoms with van der Waals surface area (Å²) >= 11 is 0. The monoisotopic (exact) mass is 343 g/mol. The summed E-state index contributed by atoms with van der Waals surface area (Å²) in [6.45, 7) is 6.12. The largest absolute Gasteiger partial charge is 0.357 e. The summed E-state index contributed by atoms with van der Waals surface area (Å²) in [6, 6.07) is 8.93. The Bertz CT molecular complexity index is 649. The van der Waals surface area contributed by atoms with Gasteiger partial charge in [-0.25, -0.2) is 0 Å². The average molecular weight is 343 g/mol. The zero-order valence-corrected chi connectivity index (χ0v) is 14.7. The van der Waals surface area contributed by atoms with E-state index >= 15 is 0 Å². The lowest BCUT2D eigenvalue weighted by atomic mass is 9.71. The van der Waals surface area contributed by atoms with Gasteiger partial charge in [-0.2, -0.15) is 0 Å². The van der Waals surface area contributed by atoms with Crippen molar-refractivity contribution in [1.82, 2.24) is 15.5 Å². The molecular weight excluding hydrogens is 318 g/mol. The van der Waals surface area contributed by atoms with Gasteiger partial charge >= 0.3 is 0 Å². The van der Waals surface area contributed by atoms with Gasteiger partial charge in [-0.15, -0.1) is 0 Å². The zero-order valence-electron chi connectivity index (χ0n) is 14.7. The lowest BCUT2D eigenvalue weighted by Crippen LogP contribution is -2.56. The minimum absolute atomic E-state index is 0.124. The fourth-order valence-electron chi connectivity index (χ4n) is 3.26. The quantitative estimate of drug-likeness (QED) is 0.783. The van der Waals surface area contributed by atoms with E-state index in [0.29, 0.717) is 25.9 Å². The topological polar surface area (TPSA) is 78.5 Å². The number of benzene rings is 1. The van der Waals surface area contributed by atoms with Crippen LogP contribution in [0, 0.1) is 0 Å². The average Bonchev–Trinajstić information content (AvgIpc) is 2.67. The molecule has 3 amide bonds. The highest BCUT2D eigenvalue weighted by atomic mass is 16.2. The number of amides is 3. The van der Waals surface area contributed by atoms with Crippen LogP contribution in [0.1, 0.15) is 25.3 Å². The molecule has 0 aliphatic carbocycles. The number of piperidine rings is 1. The van der Waals surface area contributed by atoms with Gasteiger partial charge in [-0.3, -0.25) is 14.4 Å². The Balaban J connectivity index is 2.26. The summed E-state index contributed by atoms with van der Waals surface area (Å²) in [7, 11) is 1.54. The van der Waals surface area contributed by atoms with Gasteiger partial charge in [0.05, 0.1) is 5.41 Å². The second-order valence-corrected chi connectivity index (χ2v) is 6.29. The van der Waals surface area contributed by atoms with Gasteiger partial charge in [-0.1, -0.05) is 36.9 Å². The van der Waals surface area contributed by atoms with Gasteiger partial charge < -0.3 is 15.5 Å². The van der Waals surface area contributed by atoms with E-state index in [1.165, 1.54) is 13.1 Å². The van der Waals surface area contributed by atoms with Crippen LogP contribution in [0.5, 0.6) is 0 Å². The summed E-state index contributed by atoms with van der Waals surface area (Å²) in [5.41, 5.74) is 0.156. The standard InChI is InChI=1S/C19H25N3O3/c1-4-16(23)22-12-10-19(11-13-22,15-8-6-5-7-9-15)18(25)21-14(2)17(24)20-3/h4-9,14H,1,10-13H2,2-3H3,(H,20,24)(H,21,25)/t14-/m0/s1. The lowest BCUT2D eigenvalue weighted by Gasteiger charge is -2.41. The van der Waals surface area contributed by atoms with Gasteiger partial charge in [0, 0.05) is 20.1 Å². The SMILES string of the molecule is C=CC(=O)N1CCC(C(=O)N[C@@H](C)C(=O)NC)(c2ccccc2)CC1. The second kappa shape index (κ2) is 7.96. The fraction of sp³-hybridized carbons (Fsp3) is 0.421. The Morgan fingerprint density at radius 3 is 2.32 bits per heavy atom. The number of carbonyl (C=O) groups is 3. The third kappa shape index (κ3) is 3.90. The maximum absolute atomic E-state index is 13.1. The summed E-state index contributed by atoms with van der Waals surface area (Å²) in [6.07, 6.45) is 2.30. The molecule has 1 fully saturated rings. The Labute approximate surface area is 148 Å². The van der Waals surface area contributed by atoms with Gasteiger partial charge in [0.1, 0.15) is 6.04 Å². The highest BCUT2D eigenvalue weighted by Crippen LogP contribution is 2.36. The predicted molar refractivity (Wildman–Crippen MR) is 95.8 cm³/mol. The molecule has 1 aromatic rings. The molecule has 0 radical (unpaired) electrons. The zero-order chi connectivity index (χ0) is 18.4. The first kappa shape index (κ1) is 18.7. The van der Waals surface area contributed by atoms with Crippen LogP contribution in [-0.2, 0) is 19.8 Å². The lowest BCUT2D eigenvalue weighted by molar-refractivity contribution is -0.135. The van der Waals surface area contributed by atoms with Crippen LogP contribution in [0.25, 0.3) is 0 Å². The van der Waals surface area contributed by atoms with Crippen LogP contribution >= 0.6 is 0 Å². The second-order valence-electron chi connectivity index (χ2n) is 6.29. The van der Waals surface area contributed by atoms with Crippen LogP contribution < -0.4 is 10.6 Å². The van der Waals surface area contributed by atoms with E-state index in [1.54, 1.807) is 11.8 Å². The Morgan fingerprint density at radius 1 is 1.20 bits per heavy atom. The number of likely N-dealkylation sites (N-methyl/N-ethyl adjacent to an activating group) is 1. The van der Waals surface area contributed by atoms with Gasteiger partial charge in [0.15, 0.2) is 0 Å². The smallest absolute Gasteiger partial charge is 0.245 e. The molecule has 0 bridgehead atoms. The fourth-order valence-corrected chi connectivity index (χ4v) is 3.26. The van der Waals surface area contributed by atoms with Crippen molar-refractivity contribution < 1.29 is 14.4 Å². The van der Waals surface area contributed by atoms with Gasteiger partial charge in [0.2, 0.25) is 17.7 Å². The molecular formula is C19H25N3O3. The van der Waals surface area contributed by atoms with Crippen LogP contribution in [0.15, 0.2) is 43.0 Å². The van der Waals surface area contributed by atoms with Crippen molar-refractivity contribution in [2.24, 2.45) is 0 Å². The first-order valence-corrected chi connectivity index (χ1v) is 8.44. The van der Waals surface area contributed by atoms with Crippen LogP contribution in [0.4, 0.5) is 0 Å². The third-order valence-corrected chi connectivity index (χ3v) is 4.85. The maximum atomic E-state index is 13.1. The van der Waals surface area contributed by atoms with Crippen molar-refractivity contribution in [3.8, 4) is 0 Å². The number of nitrogens with one attached hydrogen (secondary N) is 2. The van der Waals surface area contributed by atoms with Crippen molar-refractivity contribution in [3.63, 3.8) is 0 Å². The highest BCUT2D eigenvalue weighted by molar-refractivity contribution is 5.93. The van der Waals surface area contributed by atoms with E-state index in [-0.39, 0.29) is 17.7 Å². The molecule has 6 heteroatoms. The molecule has 0 aromatic heterocycles. The van der Waals surface area contributed by atoms with Gasteiger partial charge in [0.25, 0.3) is 0 Å². The first-order chi connectivity index (χ1) is 11.9. The summed E-state index contributed by atoms with van der Waals surface area (Å²) in [5.74, 6) is -0.544. The number of hydrogen-bond acceptors (Lipinski definition) is 3. The van der Waals surface area contributed by atoms with E-state index in [0.717, 1.165) is 5.56 Å². The molecule has 134 valence electrons. The Hall–Kier alpha value is -2.63. The molecule has 0 unspecified atom stereocenters. The molecule has 0 saturated carbocycles. The van der Waals surface area contributed by atoms with Crippen molar-refractivity contribution in [2.75, 3.05) is 20.1 Å². The third-order valence-electron chi connectivity index (χ3n) is 4.85. The van der Waals surface area contributed by atoms with Crippen molar-refractivity contribution >= 4 is 17.7 Å². The molecule has 2 N–H and O–H groups in total. The molecule has 1 aliphatic rings. The van der Waals surface area contributed by atoms with Crippen molar-refractivity contribution in [1.29, 1.82) is 0 Å². The molecule has 2 rings (SSSR count). The first-order valence-electron chi connectivity index (χ1n) is 8.44. The molecule has 1 aliphatic heterocycles. The normalized spacial score (nSPS) is 17.3. The number of nitrogens with zero attached hydrogens (tertiary/aromatic N) is 1. The van der Waals surface area contributed by atoms with Crippen molar-refractivity contribution in [2.45, 2.75) is 31.2 Å². The molecule has 1 saturated heterocycles. The minimum atomic E-state index is -0.749.